The third-order valence-electron chi connectivity index (χ3n) is 6.13. The molecule has 1 heterocycles. The predicted octanol–water partition coefficient (Wildman–Crippen LogP) is 5.35. The van der Waals surface area contributed by atoms with Gasteiger partial charge < -0.3 is 19.5 Å². The van der Waals surface area contributed by atoms with Crippen LogP contribution in [0.4, 0.5) is 11.4 Å². The smallest absolute Gasteiger partial charge is 0.337 e. The zero-order valence-electron chi connectivity index (χ0n) is 22.2. The number of nitrogens with zero attached hydrogens (tertiary/aromatic N) is 2. The fourth-order valence-electron chi connectivity index (χ4n) is 3.99. The topological polar surface area (TPSA) is 107 Å². The molecule has 1 aliphatic rings. The van der Waals surface area contributed by atoms with Gasteiger partial charge in [0.15, 0.2) is 16.7 Å². The van der Waals surface area contributed by atoms with E-state index in [1.807, 2.05) is 18.2 Å². The number of amides is 2. The molecule has 0 radical (unpaired) electrons. The lowest BCUT2D eigenvalue weighted by molar-refractivity contribution is -0.129. The first-order valence-electron chi connectivity index (χ1n) is 12.3. The molecule has 9 nitrogen and oxygen atoms in total. The van der Waals surface area contributed by atoms with Crippen molar-refractivity contribution in [1.29, 1.82) is 0 Å². The van der Waals surface area contributed by atoms with Gasteiger partial charge in [-0.25, -0.2) is 9.79 Å². The number of nitrogens with one attached hydrogen (secondary N) is 1. The molecule has 1 aliphatic heterocycles. The lowest BCUT2D eigenvalue weighted by atomic mass is 10.1. The molecule has 3 aromatic rings. The van der Waals surface area contributed by atoms with Gasteiger partial charge in [0.1, 0.15) is 5.25 Å². The van der Waals surface area contributed by atoms with Crippen molar-refractivity contribution in [2.75, 3.05) is 33.2 Å². The van der Waals surface area contributed by atoms with Gasteiger partial charge in [0, 0.05) is 23.7 Å². The zero-order chi connectivity index (χ0) is 28.6. The van der Waals surface area contributed by atoms with E-state index in [4.69, 9.17) is 30.8 Å². The van der Waals surface area contributed by atoms with Crippen LogP contribution in [0.15, 0.2) is 71.7 Å². The van der Waals surface area contributed by atoms with Crippen molar-refractivity contribution in [3.8, 4) is 11.5 Å². The maximum atomic E-state index is 13.3. The number of hydrogen-bond acceptors (Lipinski definition) is 8. The molecular formula is C29H28ClN3O6S. The van der Waals surface area contributed by atoms with Gasteiger partial charge in [0.2, 0.25) is 11.8 Å². The molecule has 1 N–H and O–H groups in total. The minimum Gasteiger partial charge on any atom is -0.493 e. The number of rotatable bonds is 9. The molecule has 0 bridgehead atoms. The van der Waals surface area contributed by atoms with Crippen molar-refractivity contribution in [3.63, 3.8) is 0 Å². The highest BCUT2D eigenvalue weighted by Gasteiger charge is 2.36. The fourth-order valence-corrected chi connectivity index (χ4v) is 5.25. The SMILES string of the molecule is COC(=O)c1ccc(NC(=O)[C@@H]2CC(=O)N(CCc3ccc(OC)c(OC)c3)C(=Nc3ccc(Cl)cc3)S2)cc1. The van der Waals surface area contributed by atoms with Crippen LogP contribution in [0.3, 0.4) is 0 Å². The van der Waals surface area contributed by atoms with Crippen LogP contribution in [0, 0.1) is 0 Å². The molecule has 1 saturated heterocycles. The minimum atomic E-state index is -0.698. The number of anilines is 1. The van der Waals surface area contributed by atoms with Crippen molar-refractivity contribution >= 4 is 57.7 Å². The maximum Gasteiger partial charge on any atom is 0.337 e. The van der Waals surface area contributed by atoms with Crippen LogP contribution in [0.25, 0.3) is 0 Å². The summed E-state index contributed by atoms with van der Waals surface area (Å²) < 4.78 is 15.4. The third-order valence-corrected chi connectivity index (χ3v) is 7.57. The Hall–Kier alpha value is -4.02. The van der Waals surface area contributed by atoms with Crippen LogP contribution < -0.4 is 14.8 Å². The number of carbonyl (C=O) groups excluding carboxylic acids is 3. The molecule has 2 amide bonds. The lowest BCUT2D eigenvalue weighted by Gasteiger charge is -2.32. The summed E-state index contributed by atoms with van der Waals surface area (Å²) in [6.45, 7) is 0.358. The molecule has 1 fully saturated rings. The standard InChI is InChI=1S/C29H28ClN3O6S/c1-37-23-13-4-18(16-24(23)38-2)14-15-33-26(34)17-25(40-29(33)32-22-11-7-20(30)8-12-22)27(35)31-21-9-5-19(6-10-21)28(36)39-3/h4-13,16,25H,14-15,17H2,1-3H3,(H,31,35)/t25-/m0/s1. The Morgan fingerprint density at radius 2 is 1.70 bits per heavy atom. The number of halogens is 1. The first-order valence-corrected chi connectivity index (χ1v) is 13.6. The number of benzene rings is 3. The molecular weight excluding hydrogens is 554 g/mol. The molecule has 4 rings (SSSR count). The van der Waals surface area contributed by atoms with E-state index in [0.717, 1.165) is 5.56 Å². The van der Waals surface area contributed by atoms with Crippen LogP contribution in [0.2, 0.25) is 5.02 Å². The van der Waals surface area contributed by atoms with E-state index in [2.05, 4.69) is 5.32 Å². The maximum absolute atomic E-state index is 13.3. The molecule has 0 saturated carbocycles. The Bertz CT molecular complexity index is 1410. The van der Waals surface area contributed by atoms with Crippen LogP contribution in [0.1, 0.15) is 22.3 Å². The average molecular weight is 582 g/mol. The number of ether oxygens (including phenoxy) is 3. The normalized spacial score (nSPS) is 16.0. The van der Waals surface area contributed by atoms with Crippen molar-refractivity contribution in [1.82, 2.24) is 4.90 Å². The van der Waals surface area contributed by atoms with Gasteiger partial charge in [0.25, 0.3) is 0 Å². The van der Waals surface area contributed by atoms with Crippen LogP contribution in [-0.4, -0.2) is 61.0 Å². The zero-order valence-corrected chi connectivity index (χ0v) is 23.8. The second kappa shape index (κ2) is 13.4. The largest absolute Gasteiger partial charge is 0.493 e. The number of carbonyl (C=O) groups is 3. The van der Waals surface area contributed by atoms with Crippen molar-refractivity contribution in [3.05, 3.63) is 82.9 Å². The van der Waals surface area contributed by atoms with E-state index in [1.54, 1.807) is 67.7 Å². The number of aliphatic imine (C=N–C) groups is 1. The van der Waals surface area contributed by atoms with Gasteiger partial charge in [-0.05, 0) is 72.6 Å². The Morgan fingerprint density at radius 1 is 1.00 bits per heavy atom. The van der Waals surface area contributed by atoms with Crippen molar-refractivity contribution < 1.29 is 28.6 Å². The van der Waals surface area contributed by atoms with Gasteiger partial charge in [-0.1, -0.05) is 29.4 Å². The Morgan fingerprint density at radius 3 is 2.35 bits per heavy atom. The first kappa shape index (κ1) is 29.0. The average Bonchev–Trinajstić information content (AvgIpc) is 2.97. The second-order valence-electron chi connectivity index (χ2n) is 8.72. The van der Waals surface area contributed by atoms with Crippen LogP contribution in [0.5, 0.6) is 11.5 Å². The van der Waals surface area contributed by atoms with Gasteiger partial charge in [-0.15, -0.1) is 0 Å². The molecule has 0 aliphatic carbocycles. The molecule has 0 spiro atoms. The summed E-state index contributed by atoms with van der Waals surface area (Å²) in [6.07, 6.45) is 0.540. The van der Waals surface area contributed by atoms with Crippen molar-refractivity contribution in [2.45, 2.75) is 18.1 Å². The summed E-state index contributed by atoms with van der Waals surface area (Å²) in [5, 5.41) is 3.11. The van der Waals surface area contributed by atoms with E-state index in [0.29, 0.717) is 51.6 Å². The summed E-state index contributed by atoms with van der Waals surface area (Å²) in [7, 11) is 4.45. The van der Waals surface area contributed by atoms with Crippen LogP contribution in [-0.2, 0) is 20.7 Å². The summed E-state index contributed by atoms with van der Waals surface area (Å²) >= 11 is 7.25. The number of amidine groups is 1. The summed E-state index contributed by atoms with van der Waals surface area (Å²) in [6, 6.07) is 18.9. The van der Waals surface area contributed by atoms with Gasteiger partial charge >= 0.3 is 5.97 Å². The van der Waals surface area contributed by atoms with E-state index >= 15 is 0 Å². The highest BCUT2D eigenvalue weighted by molar-refractivity contribution is 8.15. The molecule has 3 aromatic carbocycles. The predicted molar refractivity (Wildman–Crippen MR) is 156 cm³/mol. The van der Waals surface area contributed by atoms with Crippen molar-refractivity contribution in [2.24, 2.45) is 4.99 Å². The monoisotopic (exact) mass is 581 g/mol. The quantitative estimate of drug-likeness (QED) is 0.340. The van der Waals surface area contributed by atoms with E-state index in [1.165, 1.54) is 18.9 Å². The van der Waals surface area contributed by atoms with E-state index in [-0.39, 0.29) is 18.2 Å². The molecule has 0 unspecified atom stereocenters. The third kappa shape index (κ3) is 7.13. The van der Waals surface area contributed by atoms with E-state index < -0.39 is 11.2 Å². The first-order chi connectivity index (χ1) is 19.3. The number of hydrogen-bond donors (Lipinski definition) is 1. The Balaban J connectivity index is 1.53. The van der Waals surface area contributed by atoms with Gasteiger partial charge in [-0.3, -0.25) is 14.5 Å². The highest BCUT2D eigenvalue weighted by Crippen LogP contribution is 2.32. The minimum absolute atomic E-state index is 0.00230. The summed E-state index contributed by atoms with van der Waals surface area (Å²) in [5.74, 6) is 0.198. The molecule has 0 aromatic heterocycles. The van der Waals surface area contributed by atoms with Crippen LogP contribution >= 0.6 is 23.4 Å². The number of esters is 1. The molecule has 208 valence electrons. The molecule has 40 heavy (non-hydrogen) atoms. The fraction of sp³-hybridized carbons (Fsp3) is 0.241. The highest BCUT2D eigenvalue weighted by atomic mass is 35.5. The summed E-state index contributed by atoms with van der Waals surface area (Å²) in [4.78, 5) is 44.5. The molecule has 1 atom stereocenters. The van der Waals surface area contributed by atoms with Gasteiger partial charge in [0.05, 0.1) is 32.6 Å². The lowest BCUT2D eigenvalue weighted by Crippen LogP contribution is -2.46. The Kier molecular flexibility index (Phi) is 9.68. The number of thioether (sulfide) groups is 1. The van der Waals surface area contributed by atoms with E-state index in [9.17, 15) is 14.4 Å². The van der Waals surface area contributed by atoms with Gasteiger partial charge in [-0.2, -0.15) is 0 Å². The molecule has 11 heteroatoms. The summed E-state index contributed by atoms with van der Waals surface area (Å²) in [5.41, 5.74) is 2.43. The Labute approximate surface area is 241 Å². The number of methoxy groups -OCH3 is 3. The second-order valence-corrected chi connectivity index (χ2v) is 10.3.